The van der Waals surface area contributed by atoms with Crippen LogP contribution in [0.4, 0.5) is 4.39 Å². The number of benzene rings is 2. The van der Waals surface area contributed by atoms with Crippen LogP contribution in [-0.2, 0) is 6.42 Å². The van der Waals surface area contributed by atoms with Crippen LogP contribution in [0.5, 0.6) is 5.75 Å². The second-order valence-corrected chi connectivity index (χ2v) is 5.22. The molecule has 0 aliphatic carbocycles. The highest BCUT2D eigenvalue weighted by molar-refractivity contribution is 6.30. The van der Waals surface area contributed by atoms with Crippen molar-refractivity contribution < 1.29 is 9.13 Å². The van der Waals surface area contributed by atoms with Gasteiger partial charge in [-0.15, -0.1) is 0 Å². The van der Waals surface area contributed by atoms with Crippen LogP contribution >= 0.6 is 11.6 Å². The summed E-state index contributed by atoms with van der Waals surface area (Å²) >= 11 is 5.89. The Balaban J connectivity index is 2.28. The Kier molecular flexibility index (Phi) is 5.59. The van der Waals surface area contributed by atoms with E-state index in [-0.39, 0.29) is 16.9 Å². The lowest BCUT2D eigenvalue weighted by Gasteiger charge is -2.20. The first kappa shape index (κ1) is 15.8. The van der Waals surface area contributed by atoms with Gasteiger partial charge >= 0.3 is 0 Å². The number of likely N-dealkylation sites (N-methyl/N-ethyl adjacent to an activating group) is 1. The summed E-state index contributed by atoms with van der Waals surface area (Å²) in [5.74, 6) is 0.447. The SMILES string of the molecule is CCNC(Cc1cccc(OC)c1)c1cccc(Cl)c1F. The van der Waals surface area contributed by atoms with Crippen LogP contribution in [0.25, 0.3) is 0 Å². The van der Waals surface area contributed by atoms with Gasteiger partial charge in [0.2, 0.25) is 0 Å². The van der Waals surface area contributed by atoms with E-state index in [0.717, 1.165) is 17.9 Å². The van der Waals surface area contributed by atoms with Gasteiger partial charge in [-0.05, 0) is 36.7 Å². The molecule has 0 saturated heterocycles. The van der Waals surface area contributed by atoms with Gasteiger partial charge in [-0.2, -0.15) is 0 Å². The lowest BCUT2D eigenvalue weighted by atomic mass is 9.98. The van der Waals surface area contributed by atoms with Crippen LogP contribution < -0.4 is 10.1 Å². The third kappa shape index (κ3) is 3.96. The molecule has 0 heterocycles. The average molecular weight is 308 g/mol. The van der Waals surface area contributed by atoms with Gasteiger partial charge in [0.05, 0.1) is 12.1 Å². The van der Waals surface area contributed by atoms with Crippen LogP contribution in [0.2, 0.25) is 5.02 Å². The fourth-order valence-corrected chi connectivity index (χ4v) is 2.55. The molecule has 0 aliphatic heterocycles. The van der Waals surface area contributed by atoms with Gasteiger partial charge in [0.15, 0.2) is 0 Å². The smallest absolute Gasteiger partial charge is 0.146 e. The normalized spacial score (nSPS) is 12.2. The first-order valence-electron chi connectivity index (χ1n) is 6.96. The topological polar surface area (TPSA) is 21.3 Å². The van der Waals surface area contributed by atoms with Gasteiger partial charge in [-0.1, -0.05) is 42.8 Å². The molecule has 21 heavy (non-hydrogen) atoms. The summed E-state index contributed by atoms with van der Waals surface area (Å²) in [5, 5.41) is 3.47. The molecule has 4 heteroatoms. The molecule has 1 atom stereocenters. The van der Waals surface area contributed by atoms with Crippen molar-refractivity contribution in [3.63, 3.8) is 0 Å². The summed E-state index contributed by atoms with van der Waals surface area (Å²) in [6.07, 6.45) is 0.669. The first-order chi connectivity index (χ1) is 10.2. The Morgan fingerprint density at radius 1 is 1.24 bits per heavy atom. The van der Waals surface area contributed by atoms with E-state index in [0.29, 0.717) is 12.0 Å². The molecule has 112 valence electrons. The van der Waals surface area contributed by atoms with Crippen molar-refractivity contribution >= 4 is 11.6 Å². The molecule has 0 aromatic heterocycles. The Bertz CT molecular complexity index is 603. The van der Waals surface area contributed by atoms with Crippen molar-refractivity contribution in [2.24, 2.45) is 0 Å². The molecule has 1 N–H and O–H groups in total. The van der Waals surface area contributed by atoms with Crippen LogP contribution in [0, 0.1) is 5.82 Å². The number of halogens is 2. The maximum atomic E-state index is 14.2. The summed E-state index contributed by atoms with van der Waals surface area (Å²) < 4.78 is 19.5. The van der Waals surface area contributed by atoms with Crippen LogP contribution in [0.15, 0.2) is 42.5 Å². The molecule has 0 aliphatic rings. The van der Waals surface area contributed by atoms with Gasteiger partial charge in [0, 0.05) is 11.6 Å². The molecular weight excluding hydrogens is 289 g/mol. The molecule has 0 bridgehead atoms. The minimum atomic E-state index is -0.354. The van der Waals surface area contributed by atoms with Gasteiger partial charge < -0.3 is 10.1 Å². The zero-order chi connectivity index (χ0) is 15.2. The highest BCUT2D eigenvalue weighted by atomic mass is 35.5. The van der Waals surface area contributed by atoms with Crippen LogP contribution in [0.3, 0.4) is 0 Å². The van der Waals surface area contributed by atoms with Crippen molar-refractivity contribution in [2.45, 2.75) is 19.4 Å². The lowest BCUT2D eigenvalue weighted by molar-refractivity contribution is 0.413. The molecule has 2 aromatic carbocycles. The Morgan fingerprint density at radius 3 is 2.71 bits per heavy atom. The molecule has 2 aromatic rings. The highest BCUT2D eigenvalue weighted by Gasteiger charge is 2.17. The molecule has 0 fully saturated rings. The third-order valence-corrected chi connectivity index (χ3v) is 3.67. The van der Waals surface area contributed by atoms with Gasteiger partial charge in [-0.3, -0.25) is 0 Å². The minimum absolute atomic E-state index is 0.124. The van der Waals surface area contributed by atoms with Crippen molar-refractivity contribution in [2.75, 3.05) is 13.7 Å². The highest BCUT2D eigenvalue weighted by Crippen LogP contribution is 2.26. The van der Waals surface area contributed by atoms with Crippen molar-refractivity contribution in [3.8, 4) is 5.75 Å². The number of hydrogen-bond donors (Lipinski definition) is 1. The summed E-state index contributed by atoms with van der Waals surface area (Å²) in [5.41, 5.74) is 1.67. The molecule has 1 unspecified atom stereocenters. The number of ether oxygens (including phenoxy) is 1. The van der Waals surface area contributed by atoms with Gasteiger partial charge in [0.25, 0.3) is 0 Å². The molecule has 0 saturated carbocycles. The molecule has 2 rings (SSSR count). The van der Waals surface area contributed by atoms with E-state index in [1.54, 1.807) is 25.3 Å². The molecular formula is C17H19ClFNO. The van der Waals surface area contributed by atoms with E-state index >= 15 is 0 Å². The number of rotatable bonds is 6. The molecule has 0 amide bonds. The van der Waals surface area contributed by atoms with E-state index < -0.39 is 0 Å². The number of methoxy groups -OCH3 is 1. The fourth-order valence-electron chi connectivity index (χ4n) is 2.36. The minimum Gasteiger partial charge on any atom is -0.497 e. The Hall–Kier alpha value is -1.58. The van der Waals surface area contributed by atoms with E-state index in [1.165, 1.54) is 0 Å². The predicted octanol–water partition coefficient (Wildman–Crippen LogP) is 4.38. The van der Waals surface area contributed by atoms with Crippen LogP contribution in [0.1, 0.15) is 24.1 Å². The monoisotopic (exact) mass is 307 g/mol. The first-order valence-corrected chi connectivity index (χ1v) is 7.33. The Labute approximate surface area is 129 Å². The van der Waals surface area contributed by atoms with Crippen molar-refractivity contribution in [1.29, 1.82) is 0 Å². The van der Waals surface area contributed by atoms with Crippen molar-refractivity contribution in [1.82, 2.24) is 5.32 Å². The molecule has 0 radical (unpaired) electrons. The Morgan fingerprint density at radius 2 is 2.00 bits per heavy atom. The van der Waals surface area contributed by atoms with Crippen molar-refractivity contribution in [3.05, 3.63) is 64.4 Å². The zero-order valence-corrected chi connectivity index (χ0v) is 13.0. The van der Waals surface area contributed by atoms with E-state index in [1.807, 2.05) is 31.2 Å². The summed E-state index contributed by atoms with van der Waals surface area (Å²) in [6.45, 7) is 2.75. The maximum absolute atomic E-state index is 14.2. The third-order valence-electron chi connectivity index (χ3n) is 3.38. The second kappa shape index (κ2) is 7.43. The largest absolute Gasteiger partial charge is 0.497 e. The second-order valence-electron chi connectivity index (χ2n) is 4.81. The standard InChI is InChI=1S/C17H19ClFNO/c1-3-20-16(14-8-5-9-15(18)17(14)19)11-12-6-4-7-13(10-12)21-2/h4-10,16,20H,3,11H2,1-2H3. The maximum Gasteiger partial charge on any atom is 0.146 e. The van der Waals surface area contributed by atoms with E-state index in [9.17, 15) is 4.39 Å². The quantitative estimate of drug-likeness (QED) is 0.855. The lowest BCUT2D eigenvalue weighted by Crippen LogP contribution is -2.24. The summed E-state index contributed by atoms with van der Waals surface area (Å²) in [4.78, 5) is 0. The van der Waals surface area contributed by atoms with E-state index in [4.69, 9.17) is 16.3 Å². The summed E-state index contributed by atoms with van der Waals surface area (Å²) in [6, 6.07) is 12.8. The molecule has 0 spiro atoms. The predicted molar refractivity (Wildman–Crippen MR) is 84.5 cm³/mol. The van der Waals surface area contributed by atoms with Crippen LogP contribution in [-0.4, -0.2) is 13.7 Å². The molecule has 2 nitrogen and oxygen atoms in total. The number of nitrogens with one attached hydrogen (secondary N) is 1. The van der Waals surface area contributed by atoms with E-state index in [2.05, 4.69) is 5.32 Å². The number of hydrogen-bond acceptors (Lipinski definition) is 2. The summed E-state index contributed by atoms with van der Waals surface area (Å²) in [7, 11) is 1.64. The fraction of sp³-hybridized carbons (Fsp3) is 0.294. The van der Waals surface area contributed by atoms with Gasteiger partial charge in [0.1, 0.15) is 11.6 Å². The van der Waals surface area contributed by atoms with Gasteiger partial charge in [-0.25, -0.2) is 4.39 Å². The average Bonchev–Trinajstić information content (AvgIpc) is 2.50. The zero-order valence-electron chi connectivity index (χ0n) is 12.2.